The molecule has 0 aliphatic carbocycles. The molecule has 0 saturated heterocycles. The third-order valence-corrected chi connectivity index (χ3v) is 3.10. The Hall–Kier alpha value is -2.89. The number of benzene rings is 1. The zero-order valence-corrected chi connectivity index (χ0v) is 13.3. The zero-order chi connectivity index (χ0) is 16.4. The SMILES string of the molecule is CC(C)(C)OC(=O)Nc1ccnn1-c1ccc2ncccc2c1. The number of carbonyl (C=O) groups excluding carboxylic acids is 1. The minimum Gasteiger partial charge on any atom is -0.444 e. The fourth-order valence-electron chi connectivity index (χ4n) is 2.21. The quantitative estimate of drug-likeness (QED) is 0.782. The number of amides is 1. The van der Waals surface area contributed by atoms with Gasteiger partial charge in [0.2, 0.25) is 0 Å². The number of carbonyl (C=O) groups is 1. The van der Waals surface area contributed by atoms with Crippen LogP contribution in [0.4, 0.5) is 10.6 Å². The fraction of sp³-hybridized carbons (Fsp3) is 0.235. The van der Waals surface area contributed by atoms with Gasteiger partial charge in [-0.25, -0.2) is 9.48 Å². The summed E-state index contributed by atoms with van der Waals surface area (Å²) in [4.78, 5) is 16.2. The molecule has 0 unspecified atom stereocenters. The summed E-state index contributed by atoms with van der Waals surface area (Å²) in [6.45, 7) is 5.46. The number of nitrogens with zero attached hydrogens (tertiary/aromatic N) is 3. The van der Waals surface area contributed by atoms with Crippen molar-refractivity contribution in [3.63, 3.8) is 0 Å². The van der Waals surface area contributed by atoms with Gasteiger partial charge in [-0.15, -0.1) is 0 Å². The van der Waals surface area contributed by atoms with E-state index in [4.69, 9.17) is 4.74 Å². The van der Waals surface area contributed by atoms with Gasteiger partial charge in [0.25, 0.3) is 0 Å². The molecular formula is C17H18N4O2. The van der Waals surface area contributed by atoms with E-state index in [9.17, 15) is 4.79 Å². The largest absolute Gasteiger partial charge is 0.444 e. The van der Waals surface area contributed by atoms with Crippen LogP contribution in [0.5, 0.6) is 0 Å². The van der Waals surface area contributed by atoms with E-state index in [1.807, 2.05) is 51.1 Å². The molecule has 2 heterocycles. The summed E-state index contributed by atoms with van der Waals surface area (Å²) in [5.41, 5.74) is 1.19. The first-order valence-electron chi connectivity index (χ1n) is 7.31. The minimum absolute atomic E-state index is 0.512. The summed E-state index contributed by atoms with van der Waals surface area (Å²) in [6, 6.07) is 11.4. The maximum absolute atomic E-state index is 11.9. The van der Waals surface area contributed by atoms with Crippen molar-refractivity contribution < 1.29 is 9.53 Å². The van der Waals surface area contributed by atoms with Crippen LogP contribution in [-0.4, -0.2) is 26.5 Å². The molecule has 3 aromatic rings. The van der Waals surface area contributed by atoms with Crippen LogP contribution in [-0.2, 0) is 4.74 Å². The van der Waals surface area contributed by atoms with Crippen LogP contribution in [0.25, 0.3) is 16.6 Å². The van der Waals surface area contributed by atoms with Crippen LogP contribution in [0, 0.1) is 0 Å². The van der Waals surface area contributed by atoms with E-state index in [1.165, 1.54) is 0 Å². The molecule has 3 rings (SSSR count). The highest BCUT2D eigenvalue weighted by molar-refractivity contribution is 5.85. The topological polar surface area (TPSA) is 69.0 Å². The lowest BCUT2D eigenvalue weighted by Gasteiger charge is -2.19. The van der Waals surface area contributed by atoms with Gasteiger partial charge >= 0.3 is 6.09 Å². The fourth-order valence-corrected chi connectivity index (χ4v) is 2.21. The Balaban J connectivity index is 1.89. The molecule has 0 aliphatic rings. The van der Waals surface area contributed by atoms with Crippen molar-refractivity contribution in [2.75, 3.05) is 5.32 Å². The summed E-state index contributed by atoms with van der Waals surface area (Å²) in [5, 5.41) is 7.99. The maximum atomic E-state index is 11.9. The van der Waals surface area contributed by atoms with Gasteiger partial charge in [-0.3, -0.25) is 10.3 Å². The third kappa shape index (κ3) is 3.48. The highest BCUT2D eigenvalue weighted by Crippen LogP contribution is 2.20. The van der Waals surface area contributed by atoms with Crippen LogP contribution in [0.2, 0.25) is 0 Å². The molecule has 0 radical (unpaired) electrons. The van der Waals surface area contributed by atoms with Crippen LogP contribution in [0.3, 0.4) is 0 Å². The Labute approximate surface area is 134 Å². The molecule has 0 spiro atoms. The number of anilines is 1. The van der Waals surface area contributed by atoms with E-state index in [0.717, 1.165) is 16.6 Å². The van der Waals surface area contributed by atoms with Crippen molar-refractivity contribution >= 4 is 22.8 Å². The van der Waals surface area contributed by atoms with Crippen molar-refractivity contribution in [3.8, 4) is 5.69 Å². The summed E-state index contributed by atoms with van der Waals surface area (Å²) >= 11 is 0. The molecule has 118 valence electrons. The molecule has 23 heavy (non-hydrogen) atoms. The summed E-state index contributed by atoms with van der Waals surface area (Å²) in [6.07, 6.45) is 2.87. The van der Waals surface area contributed by atoms with Crippen LogP contribution < -0.4 is 5.32 Å². The number of aromatic nitrogens is 3. The molecule has 6 heteroatoms. The van der Waals surface area contributed by atoms with Crippen LogP contribution in [0.15, 0.2) is 48.8 Å². The van der Waals surface area contributed by atoms with E-state index in [-0.39, 0.29) is 0 Å². The van der Waals surface area contributed by atoms with Crippen molar-refractivity contribution in [2.24, 2.45) is 0 Å². The van der Waals surface area contributed by atoms with Crippen molar-refractivity contribution in [3.05, 3.63) is 48.8 Å². The molecule has 0 saturated carbocycles. The number of rotatable bonds is 2. The minimum atomic E-state index is -0.552. The standard InChI is InChI=1S/C17H18N4O2/c1-17(2,3)23-16(22)20-15-8-10-19-21(15)13-6-7-14-12(11-13)5-4-9-18-14/h4-11H,1-3H3,(H,20,22). The average molecular weight is 310 g/mol. The Bertz CT molecular complexity index is 849. The summed E-state index contributed by atoms with van der Waals surface area (Å²) in [5.74, 6) is 0.544. The molecule has 2 aromatic heterocycles. The van der Waals surface area contributed by atoms with Crippen LogP contribution in [0.1, 0.15) is 20.8 Å². The maximum Gasteiger partial charge on any atom is 0.413 e. The van der Waals surface area contributed by atoms with E-state index in [2.05, 4.69) is 15.4 Å². The highest BCUT2D eigenvalue weighted by atomic mass is 16.6. The van der Waals surface area contributed by atoms with Gasteiger partial charge in [-0.05, 0) is 45.0 Å². The van der Waals surface area contributed by atoms with E-state index in [1.54, 1.807) is 23.1 Å². The second-order valence-corrected chi connectivity index (χ2v) is 6.14. The average Bonchev–Trinajstić information content (AvgIpc) is 2.92. The normalized spacial score (nSPS) is 11.4. The second kappa shape index (κ2) is 5.72. The van der Waals surface area contributed by atoms with E-state index in [0.29, 0.717) is 5.82 Å². The van der Waals surface area contributed by atoms with E-state index >= 15 is 0 Å². The predicted octanol–water partition coefficient (Wildman–Crippen LogP) is 3.77. The molecule has 0 aliphatic heterocycles. The Morgan fingerprint density at radius 3 is 2.78 bits per heavy atom. The van der Waals surface area contributed by atoms with Gasteiger partial charge in [0.05, 0.1) is 17.4 Å². The van der Waals surface area contributed by atoms with Crippen molar-refractivity contribution in [2.45, 2.75) is 26.4 Å². The lowest BCUT2D eigenvalue weighted by atomic mass is 10.2. The number of nitrogens with one attached hydrogen (secondary N) is 1. The first kappa shape index (κ1) is 15.0. The highest BCUT2D eigenvalue weighted by Gasteiger charge is 2.17. The monoisotopic (exact) mass is 310 g/mol. The smallest absolute Gasteiger partial charge is 0.413 e. The lowest BCUT2D eigenvalue weighted by molar-refractivity contribution is 0.0635. The van der Waals surface area contributed by atoms with Gasteiger partial charge in [-0.1, -0.05) is 6.07 Å². The van der Waals surface area contributed by atoms with Gasteiger partial charge in [-0.2, -0.15) is 5.10 Å². The third-order valence-electron chi connectivity index (χ3n) is 3.10. The van der Waals surface area contributed by atoms with Crippen molar-refractivity contribution in [1.82, 2.24) is 14.8 Å². The summed E-state index contributed by atoms with van der Waals surface area (Å²) < 4.78 is 6.92. The molecule has 0 atom stereocenters. The predicted molar refractivity (Wildman–Crippen MR) is 88.7 cm³/mol. The van der Waals surface area contributed by atoms with Crippen molar-refractivity contribution in [1.29, 1.82) is 0 Å². The Kier molecular flexibility index (Phi) is 3.73. The Morgan fingerprint density at radius 2 is 2.00 bits per heavy atom. The number of pyridine rings is 1. The van der Waals surface area contributed by atoms with Gasteiger partial charge in [0.1, 0.15) is 11.4 Å². The van der Waals surface area contributed by atoms with Crippen LogP contribution >= 0.6 is 0 Å². The summed E-state index contributed by atoms with van der Waals surface area (Å²) in [7, 11) is 0. The molecule has 0 bridgehead atoms. The molecule has 0 fully saturated rings. The first-order chi connectivity index (χ1) is 10.9. The molecule has 1 amide bonds. The van der Waals surface area contributed by atoms with Gasteiger partial charge < -0.3 is 4.74 Å². The molecule has 1 N–H and O–H groups in total. The zero-order valence-electron chi connectivity index (χ0n) is 13.3. The Morgan fingerprint density at radius 1 is 1.17 bits per heavy atom. The van der Waals surface area contributed by atoms with E-state index < -0.39 is 11.7 Å². The molecule has 1 aromatic carbocycles. The lowest BCUT2D eigenvalue weighted by Crippen LogP contribution is -2.27. The number of ether oxygens (including phenoxy) is 1. The second-order valence-electron chi connectivity index (χ2n) is 6.14. The molecule has 6 nitrogen and oxygen atoms in total. The number of hydrogen-bond acceptors (Lipinski definition) is 4. The van der Waals surface area contributed by atoms with Gasteiger partial charge in [0.15, 0.2) is 0 Å². The van der Waals surface area contributed by atoms with Gasteiger partial charge in [0, 0.05) is 17.6 Å². The molecular weight excluding hydrogens is 292 g/mol. The first-order valence-corrected chi connectivity index (χ1v) is 7.31. The number of fused-ring (bicyclic) bond motifs is 1. The number of hydrogen-bond donors (Lipinski definition) is 1.